The number of hydrogen-bond acceptors (Lipinski definition) is 4. The minimum atomic E-state index is -0.867. The van der Waals surface area contributed by atoms with Crippen LogP contribution < -0.4 is 21.7 Å². The van der Waals surface area contributed by atoms with E-state index in [2.05, 4.69) is 20.9 Å². The second-order valence-electron chi connectivity index (χ2n) is 8.64. The lowest BCUT2D eigenvalue weighted by molar-refractivity contribution is -0.130. The van der Waals surface area contributed by atoms with E-state index in [9.17, 15) is 14.4 Å². The molecule has 2 unspecified atom stereocenters. The molecule has 0 saturated heterocycles. The zero-order valence-electron chi connectivity index (χ0n) is 19.5. The summed E-state index contributed by atoms with van der Waals surface area (Å²) >= 11 is 0. The predicted molar refractivity (Wildman–Crippen MR) is 136 cm³/mol. The van der Waals surface area contributed by atoms with Gasteiger partial charge in [0.25, 0.3) is 0 Å². The van der Waals surface area contributed by atoms with Gasteiger partial charge in [-0.2, -0.15) is 0 Å². The molecule has 0 aliphatic heterocycles. The summed E-state index contributed by atoms with van der Waals surface area (Å²) in [5.74, 6) is -0.839. The number of nitrogens with one attached hydrogen (secondary N) is 4. The summed E-state index contributed by atoms with van der Waals surface area (Å²) in [5.41, 5.74) is 8.55. The molecule has 0 bridgehead atoms. The van der Waals surface area contributed by atoms with Crippen LogP contribution in [0.3, 0.4) is 0 Å². The van der Waals surface area contributed by atoms with Crippen molar-refractivity contribution in [3.8, 4) is 0 Å². The van der Waals surface area contributed by atoms with Gasteiger partial charge in [-0.05, 0) is 34.9 Å². The molecule has 4 rings (SSSR count). The second kappa shape index (κ2) is 10.8. The Balaban J connectivity index is 1.54. The molecule has 3 atom stereocenters. The van der Waals surface area contributed by atoms with E-state index in [0.29, 0.717) is 12.8 Å². The molecule has 0 spiro atoms. The van der Waals surface area contributed by atoms with Gasteiger partial charge in [-0.25, -0.2) is 0 Å². The fraction of sp³-hybridized carbons (Fsp3) is 0.222. The first kappa shape index (κ1) is 24.0. The first-order valence-corrected chi connectivity index (χ1v) is 11.5. The van der Waals surface area contributed by atoms with E-state index in [1.54, 1.807) is 6.92 Å². The summed E-state index contributed by atoms with van der Waals surface area (Å²) in [6.07, 6.45) is 2.40. The summed E-state index contributed by atoms with van der Waals surface area (Å²) in [4.78, 5) is 40.2. The highest BCUT2D eigenvalue weighted by Crippen LogP contribution is 2.19. The van der Waals surface area contributed by atoms with Crippen molar-refractivity contribution in [1.29, 1.82) is 0 Å². The Morgan fingerprint density at radius 1 is 0.943 bits per heavy atom. The lowest BCUT2D eigenvalue weighted by Crippen LogP contribution is -2.56. The van der Waals surface area contributed by atoms with E-state index < -0.39 is 30.1 Å². The normalized spacial score (nSPS) is 13.7. The van der Waals surface area contributed by atoms with Crippen molar-refractivity contribution in [3.05, 3.63) is 84.1 Å². The largest absolute Gasteiger partial charge is 0.361 e. The van der Waals surface area contributed by atoms with Crippen LogP contribution in [0.25, 0.3) is 21.7 Å². The minimum Gasteiger partial charge on any atom is -0.361 e. The number of amides is 3. The van der Waals surface area contributed by atoms with Gasteiger partial charge in [0.1, 0.15) is 12.2 Å². The number of H-pyrrole nitrogens is 1. The van der Waals surface area contributed by atoms with Crippen LogP contribution in [0.4, 0.5) is 0 Å². The van der Waals surface area contributed by atoms with Gasteiger partial charge in [0.2, 0.25) is 18.2 Å². The number of nitrogens with two attached hydrogens (primary N) is 1. The molecule has 3 aromatic carbocycles. The van der Waals surface area contributed by atoms with Crippen LogP contribution in [0, 0.1) is 0 Å². The average Bonchev–Trinajstić information content (AvgIpc) is 3.26. The van der Waals surface area contributed by atoms with Crippen LogP contribution in [0.1, 0.15) is 18.1 Å². The number of fused-ring (bicyclic) bond motifs is 2. The Morgan fingerprint density at radius 2 is 1.69 bits per heavy atom. The molecular weight excluding hydrogens is 442 g/mol. The summed E-state index contributed by atoms with van der Waals surface area (Å²) < 4.78 is 0. The summed E-state index contributed by atoms with van der Waals surface area (Å²) in [5, 5.41) is 11.4. The molecule has 0 aliphatic rings. The average molecular weight is 472 g/mol. The Bertz CT molecular complexity index is 1350. The van der Waals surface area contributed by atoms with Gasteiger partial charge in [-0.1, -0.05) is 60.7 Å². The van der Waals surface area contributed by atoms with E-state index >= 15 is 0 Å². The molecule has 1 aromatic heterocycles. The molecule has 0 fully saturated rings. The Labute approximate surface area is 203 Å². The van der Waals surface area contributed by atoms with Crippen molar-refractivity contribution in [3.63, 3.8) is 0 Å². The predicted octanol–water partition coefficient (Wildman–Crippen LogP) is 2.13. The molecular formula is C27H29N5O3. The molecule has 0 aliphatic carbocycles. The Kier molecular flexibility index (Phi) is 7.42. The monoisotopic (exact) mass is 471 g/mol. The van der Waals surface area contributed by atoms with Crippen LogP contribution in [-0.2, 0) is 27.2 Å². The molecule has 6 N–H and O–H groups in total. The number of carbonyl (C=O) groups excluding carboxylic acids is 3. The molecule has 1 heterocycles. The quantitative estimate of drug-likeness (QED) is 0.179. The molecule has 35 heavy (non-hydrogen) atoms. The smallest absolute Gasteiger partial charge is 0.244 e. The highest BCUT2D eigenvalue weighted by atomic mass is 16.2. The third kappa shape index (κ3) is 5.85. The van der Waals surface area contributed by atoms with Gasteiger partial charge in [0, 0.05) is 29.9 Å². The van der Waals surface area contributed by atoms with Gasteiger partial charge >= 0.3 is 0 Å². The lowest BCUT2D eigenvalue weighted by Gasteiger charge is -2.24. The van der Waals surface area contributed by atoms with Crippen molar-refractivity contribution in [2.45, 2.75) is 38.0 Å². The first-order valence-electron chi connectivity index (χ1n) is 11.5. The van der Waals surface area contributed by atoms with E-state index in [-0.39, 0.29) is 6.42 Å². The Morgan fingerprint density at radius 3 is 2.46 bits per heavy atom. The maximum absolute atomic E-state index is 13.3. The number of aromatic nitrogens is 1. The number of para-hydroxylation sites is 1. The fourth-order valence-corrected chi connectivity index (χ4v) is 4.14. The maximum atomic E-state index is 13.3. The number of carbonyl (C=O) groups is 3. The second-order valence-corrected chi connectivity index (χ2v) is 8.64. The third-order valence-electron chi connectivity index (χ3n) is 5.98. The van der Waals surface area contributed by atoms with Crippen LogP contribution >= 0.6 is 0 Å². The van der Waals surface area contributed by atoms with Crippen LogP contribution in [0.5, 0.6) is 0 Å². The van der Waals surface area contributed by atoms with E-state index in [1.165, 1.54) is 0 Å². The van der Waals surface area contributed by atoms with Gasteiger partial charge < -0.3 is 26.7 Å². The van der Waals surface area contributed by atoms with Crippen LogP contribution in [-0.4, -0.2) is 41.5 Å². The van der Waals surface area contributed by atoms with Crippen molar-refractivity contribution >= 4 is 39.9 Å². The van der Waals surface area contributed by atoms with E-state index in [4.69, 9.17) is 5.73 Å². The van der Waals surface area contributed by atoms with Crippen LogP contribution in [0.2, 0.25) is 0 Å². The van der Waals surface area contributed by atoms with E-state index in [0.717, 1.165) is 32.8 Å². The molecule has 180 valence electrons. The highest BCUT2D eigenvalue weighted by Gasteiger charge is 2.25. The van der Waals surface area contributed by atoms with Crippen molar-refractivity contribution in [2.24, 2.45) is 5.73 Å². The molecule has 3 amide bonds. The van der Waals surface area contributed by atoms with Gasteiger partial charge in [-0.3, -0.25) is 14.4 Å². The van der Waals surface area contributed by atoms with Crippen molar-refractivity contribution in [2.75, 3.05) is 0 Å². The number of aromatic amines is 1. The Hall–Kier alpha value is -4.17. The lowest BCUT2D eigenvalue weighted by atomic mass is 10.0. The minimum absolute atomic E-state index is 0.274. The highest BCUT2D eigenvalue weighted by molar-refractivity contribution is 5.90. The van der Waals surface area contributed by atoms with Gasteiger partial charge in [-0.15, -0.1) is 0 Å². The molecule has 0 saturated carbocycles. The van der Waals surface area contributed by atoms with Gasteiger partial charge in [0.15, 0.2) is 0 Å². The number of hydrogen-bond donors (Lipinski definition) is 5. The van der Waals surface area contributed by atoms with Crippen LogP contribution in [0.15, 0.2) is 72.9 Å². The summed E-state index contributed by atoms with van der Waals surface area (Å²) in [6.45, 7) is 1.56. The van der Waals surface area contributed by atoms with Crippen molar-refractivity contribution in [1.82, 2.24) is 20.9 Å². The van der Waals surface area contributed by atoms with Crippen molar-refractivity contribution < 1.29 is 14.4 Å². The SMILES string of the molecule is CC(N)C(=O)NC(Cc1ccc2ccccc2c1)C(=O)N[C@H](Cc1c[nH]c2ccccc12)NC=O. The molecule has 8 heteroatoms. The molecule has 8 nitrogen and oxygen atoms in total. The first-order chi connectivity index (χ1) is 16.9. The zero-order valence-corrected chi connectivity index (χ0v) is 19.5. The topological polar surface area (TPSA) is 129 Å². The maximum Gasteiger partial charge on any atom is 0.244 e. The summed E-state index contributed by atoms with van der Waals surface area (Å²) in [6, 6.07) is 20.0. The molecule has 0 radical (unpaired) electrons. The number of rotatable bonds is 10. The van der Waals surface area contributed by atoms with Gasteiger partial charge in [0.05, 0.1) is 6.04 Å². The number of benzene rings is 3. The zero-order chi connectivity index (χ0) is 24.8. The fourth-order valence-electron chi connectivity index (χ4n) is 4.14. The third-order valence-corrected chi connectivity index (χ3v) is 5.98. The molecule has 4 aromatic rings. The standard InChI is InChI=1S/C27H29N5O3/c1-17(28)26(34)31-24(13-18-10-11-19-6-2-3-7-20(19)12-18)27(35)32-25(30-16-33)14-21-15-29-23-9-5-4-8-22(21)23/h2-12,15-17,24-25,29H,13-14,28H2,1H3,(H,30,33)(H,31,34)(H,32,35)/t17?,24?,25-/m1/s1. The van der Waals surface area contributed by atoms with E-state index in [1.807, 2.05) is 72.9 Å². The summed E-state index contributed by atoms with van der Waals surface area (Å²) in [7, 11) is 0.